The molecule has 1 N–H and O–H groups in total. The number of aromatic amines is 1. The fourth-order valence-electron chi connectivity index (χ4n) is 3.64. The Hall–Kier alpha value is -2.16. The van der Waals surface area contributed by atoms with Gasteiger partial charge in [-0.1, -0.05) is 67.7 Å². The van der Waals surface area contributed by atoms with Crippen molar-refractivity contribution < 1.29 is 0 Å². The van der Waals surface area contributed by atoms with Gasteiger partial charge in [-0.25, -0.2) is 4.98 Å². The zero-order valence-corrected chi connectivity index (χ0v) is 18.7. The number of nitrogens with one attached hydrogen (secondary N) is 1. The summed E-state index contributed by atoms with van der Waals surface area (Å²) in [7, 11) is -1.33. The predicted molar refractivity (Wildman–Crippen MR) is 124 cm³/mol. The zero-order valence-electron chi connectivity index (χ0n) is 16.9. The molecule has 0 bridgehead atoms. The third-order valence-electron chi connectivity index (χ3n) is 4.86. The number of thioether (sulfide) groups is 1. The van der Waals surface area contributed by atoms with E-state index in [1.807, 2.05) is 12.1 Å². The van der Waals surface area contributed by atoms with E-state index in [4.69, 9.17) is 4.98 Å². The van der Waals surface area contributed by atoms with E-state index >= 15 is 0 Å². The SMILES string of the molecule is C[Si](C)(C)C#CCN1CCCc2cccc(CSc3nc4ccccc4[nH]3)c21. The molecule has 3 nitrogen and oxygen atoms in total. The Morgan fingerprint density at radius 3 is 2.82 bits per heavy atom. The molecule has 1 aromatic heterocycles. The molecule has 0 radical (unpaired) electrons. The lowest BCUT2D eigenvalue weighted by Gasteiger charge is -2.32. The summed E-state index contributed by atoms with van der Waals surface area (Å²) in [6.45, 7) is 8.85. The number of rotatable bonds is 4. The van der Waals surface area contributed by atoms with Crippen molar-refractivity contribution in [3.05, 3.63) is 53.6 Å². The normalized spacial score (nSPS) is 13.9. The second kappa shape index (κ2) is 8.06. The van der Waals surface area contributed by atoms with Crippen LogP contribution in [-0.2, 0) is 12.2 Å². The molecule has 0 aliphatic carbocycles. The maximum Gasteiger partial charge on any atom is 0.166 e. The molecule has 0 amide bonds. The van der Waals surface area contributed by atoms with Gasteiger partial charge in [0.2, 0.25) is 0 Å². The lowest BCUT2D eigenvalue weighted by atomic mass is 9.98. The van der Waals surface area contributed by atoms with E-state index in [9.17, 15) is 0 Å². The first kappa shape index (κ1) is 19.2. The number of imidazole rings is 1. The second-order valence-electron chi connectivity index (χ2n) is 8.35. The van der Waals surface area contributed by atoms with E-state index in [1.165, 1.54) is 23.2 Å². The van der Waals surface area contributed by atoms with Gasteiger partial charge in [0.15, 0.2) is 5.16 Å². The fraction of sp³-hybridized carbons (Fsp3) is 0.348. The highest BCUT2D eigenvalue weighted by atomic mass is 32.2. The van der Waals surface area contributed by atoms with Gasteiger partial charge in [0, 0.05) is 18.0 Å². The van der Waals surface area contributed by atoms with Crippen molar-refractivity contribution in [1.82, 2.24) is 9.97 Å². The smallest absolute Gasteiger partial charge is 0.166 e. The van der Waals surface area contributed by atoms with Crippen LogP contribution in [0.25, 0.3) is 11.0 Å². The van der Waals surface area contributed by atoms with Gasteiger partial charge in [-0.05, 0) is 36.1 Å². The van der Waals surface area contributed by atoms with Crippen LogP contribution in [0.2, 0.25) is 19.6 Å². The van der Waals surface area contributed by atoms with Crippen molar-refractivity contribution >= 4 is 36.6 Å². The van der Waals surface area contributed by atoms with Crippen molar-refractivity contribution in [2.45, 2.75) is 43.4 Å². The number of hydrogen-bond donors (Lipinski definition) is 1. The number of aromatic nitrogens is 2. The molecule has 0 saturated heterocycles. The Morgan fingerprint density at radius 1 is 1.14 bits per heavy atom. The molecule has 0 fully saturated rings. The van der Waals surface area contributed by atoms with E-state index in [-0.39, 0.29) is 0 Å². The summed E-state index contributed by atoms with van der Waals surface area (Å²) >= 11 is 1.78. The molecule has 1 aliphatic rings. The Morgan fingerprint density at radius 2 is 2.00 bits per heavy atom. The van der Waals surface area contributed by atoms with Crippen LogP contribution >= 0.6 is 11.8 Å². The lowest BCUT2D eigenvalue weighted by Crippen LogP contribution is -2.31. The van der Waals surface area contributed by atoms with Gasteiger partial charge >= 0.3 is 0 Å². The van der Waals surface area contributed by atoms with Gasteiger partial charge in [-0.15, -0.1) is 5.54 Å². The van der Waals surface area contributed by atoms with Crippen molar-refractivity contribution in [2.24, 2.45) is 0 Å². The third-order valence-corrected chi connectivity index (χ3v) is 6.71. The first-order valence-corrected chi connectivity index (χ1v) is 14.4. The Balaban J connectivity index is 1.55. The van der Waals surface area contributed by atoms with E-state index in [1.54, 1.807) is 11.8 Å². The average molecular weight is 406 g/mol. The van der Waals surface area contributed by atoms with Crippen LogP contribution in [0, 0.1) is 11.5 Å². The topological polar surface area (TPSA) is 31.9 Å². The summed E-state index contributed by atoms with van der Waals surface area (Å²) in [4.78, 5) is 10.6. The van der Waals surface area contributed by atoms with Gasteiger partial charge in [0.25, 0.3) is 0 Å². The van der Waals surface area contributed by atoms with Crippen molar-refractivity contribution in [3.8, 4) is 11.5 Å². The maximum atomic E-state index is 4.71. The van der Waals surface area contributed by atoms with Crippen molar-refractivity contribution in [3.63, 3.8) is 0 Å². The van der Waals surface area contributed by atoms with Crippen LogP contribution in [0.3, 0.4) is 0 Å². The summed E-state index contributed by atoms with van der Waals surface area (Å²) in [6.07, 6.45) is 2.37. The number of benzene rings is 2. The molecule has 5 heteroatoms. The Kier molecular flexibility index (Phi) is 5.52. The highest BCUT2D eigenvalue weighted by Gasteiger charge is 2.20. The first-order valence-electron chi connectivity index (χ1n) is 9.93. The van der Waals surface area contributed by atoms with Gasteiger partial charge in [0.05, 0.1) is 17.6 Å². The molecular weight excluding hydrogens is 378 g/mol. The largest absolute Gasteiger partial charge is 0.360 e. The van der Waals surface area contributed by atoms with Gasteiger partial charge in [-0.3, -0.25) is 0 Å². The highest BCUT2D eigenvalue weighted by molar-refractivity contribution is 7.98. The summed E-state index contributed by atoms with van der Waals surface area (Å²) in [5.41, 5.74) is 9.90. The molecule has 2 aromatic carbocycles. The molecular formula is C23H27N3SSi. The van der Waals surface area contributed by atoms with Crippen LogP contribution in [0.15, 0.2) is 47.6 Å². The minimum Gasteiger partial charge on any atom is -0.360 e. The van der Waals surface area contributed by atoms with Gasteiger partial charge in [-0.2, -0.15) is 0 Å². The van der Waals surface area contributed by atoms with E-state index in [2.05, 4.69) is 71.3 Å². The van der Waals surface area contributed by atoms with E-state index < -0.39 is 8.07 Å². The molecule has 0 saturated carbocycles. The van der Waals surface area contributed by atoms with E-state index in [0.29, 0.717) is 0 Å². The van der Waals surface area contributed by atoms with Gasteiger partial charge < -0.3 is 9.88 Å². The van der Waals surface area contributed by atoms with Crippen LogP contribution in [0.1, 0.15) is 17.5 Å². The molecule has 28 heavy (non-hydrogen) atoms. The summed E-state index contributed by atoms with van der Waals surface area (Å²) in [5.74, 6) is 4.38. The quantitative estimate of drug-likeness (QED) is 0.354. The molecule has 0 unspecified atom stereocenters. The number of anilines is 1. The van der Waals surface area contributed by atoms with E-state index in [0.717, 1.165) is 41.5 Å². The molecule has 1 aliphatic heterocycles. The Bertz CT molecular complexity index is 1010. The highest BCUT2D eigenvalue weighted by Crippen LogP contribution is 2.34. The standard InChI is InChI=1S/C23H27N3SSi/c1-28(2,3)16-8-15-26-14-7-11-18-9-6-10-19(22(18)26)17-27-23-24-20-12-4-5-13-21(20)25-23/h4-6,9-10,12-13H,7,11,14-15,17H2,1-3H3,(H,24,25). The molecule has 3 aromatic rings. The maximum absolute atomic E-state index is 4.71. The molecule has 0 spiro atoms. The average Bonchev–Trinajstić information content (AvgIpc) is 3.08. The predicted octanol–water partition coefficient (Wildman–Crippen LogP) is 5.49. The van der Waals surface area contributed by atoms with Crippen LogP contribution in [0.4, 0.5) is 5.69 Å². The minimum absolute atomic E-state index is 0.837. The molecule has 0 atom stereocenters. The Labute approximate surface area is 173 Å². The van der Waals surface area contributed by atoms with Crippen LogP contribution < -0.4 is 4.90 Å². The van der Waals surface area contributed by atoms with Crippen molar-refractivity contribution in [2.75, 3.05) is 18.0 Å². The number of aryl methyl sites for hydroxylation is 1. The number of H-pyrrole nitrogens is 1. The molecule has 2 heterocycles. The number of para-hydroxylation sites is 3. The fourth-order valence-corrected chi connectivity index (χ4v) is 5.12. The minimum atomic E-state index is -1.33. The third kappa shape index (κ3) is 4.45. The zero-order chi connectivity index (χ0) is 19.6. The van der Waals surface area contributed by atoms with Crippen LogP contribution in [-0.4, -0.2) is 31.1 Å². The first-order chi connectivity index (χ1) is 13.5. The lowest BCUT2D eigenvalue weighted by molar-refractivity contribution is 0.723. The number of nitrogens with zero attached hydrogens (tertiary/aromatic N) is 2. The number of fused-ring (bicyclic) bond motifs is 2. The van der Waals surface area contributed by atoms with Crippen LogP contribution in [0.5, 0.6) is 0 Å². The number of hydrogen-bond acceptors (Lipinski definition) is 3. The summed E-state index contributed by atoms with van der Waals surface area (Å²) in [5, 5.41) is 0.986. The second-order valence-corrected chi connectivity index (χ2v) is 14.1. The monoisotopic (exact) mass is 405 g/mol. The van der Waals surface area contributed by atoms with Gasteiger partial charge in [0.1, 0.15) is 8.07 Å². The summed E-state index contributed by atoms with van der Waals surface area (Å²) < 4.78 is 0. The summed E-state index contributed by atoms with van der Waals surface area (Å²) in [6, 6.07) is 15.0. The molecule has 144 valence electrons. The van der Waals surface area contributed by atoms with Crippen molar-refractivity contribution in [1.29, 1.82) is 0 Å². The molecule has 4 rings (SSSR count).